The fourth-order valence-electron chi connectivity index (χ4n) is 5.16. The summed E-state index contributed by atoms with van der Waals surface area (Å²) >= 11 is 0. The lowest BCUT2D eigenvalue weighted by Crippen LogP contribution is -2.52. The van der Waals surface area contributed by atoms with Gasteiger partial charge in [0.15, 0.2) is 5.54 Å². The van der Waals surface area contributed by atoms with Gasteiger partial charge in [-0.3, -0.25) is 0 Å². The van der Waals surface area contributed by atoms with Gasteiger partial charge in [0.1, 0.15) is 6.61 Å². The van der Waals surface area contributed by atoms with E-state index >= 15 is 0 Å². The maximum absolute atomic E-state index is 14.0. The van der Waals surface area contributed by atoms with Gasteiger partial charge in [0.2, 0.25) is 6.23 Å². The SMILES string of the molecule is Cc1cc([C@@H](C)OC[C@@]2(c3ccccc3)C(=O)O[C@H](c3ccccc3)N2C(=O)OCc2ccccc2)cc(C(F)(F)F)c1. The molecule has 1 saturated heterocycles. The second-order valence-corrected chi connectivity index (χ2v) is 10.4. The largest absolute Gasteiger partial charge is 0.444 e. The Bertz CT molecular complexity index is 1560. The number of hydrogen-bond donors (Lipinski definition) is 0. The van der Waals surface area contributed by atoms with Crippen LogP contribution in [0.15, 0.2) is 109 Å². The summed E-state index contributed by atoms with van der Waals surface area (Å²) in [6.45, 7) is 2.70. The Morgan fingerprint density at radius 1 is 0.930 bits per heavy atom. The third kappa shape index (κ3) is 6.27. The fourth-order valence-corrected chi connectivity index (χ4v) is 5.16. The molecule has 222 valence electrons. The Morgan fingerprint density at radius 3 is 2.16 bits per heavy atom. The third-order valence-electron chi connectivity index (χ3n) is 7.38. The number of amides is 1. The zero-order valence-electron chi connectivity index (χ0n) is 23.6. The first-order valence-electron chi connectivity index (χ1n) is 13.7. The van der Waals surface area contributed by atoms with Crippen LogP contribution in [-0.2, 0) is 37.3 Å². The summed E-state index contributed by atoms with van der Waals surface area (Å²) in [4.78, 5) is 29.1. The van der Waals surface area contributed by atoms with E-state index in [-0.39, 0.29) is 12.2 Å². The normalized spacial score (nSPS) is 19.1. The molecule has 1 aliphatic heterocycles. The molecule has 6 nitrogen and oxygen atoms in total. The van der Waals surface area contributed by atoms with E-state index < -0.39 is 48.3 Å². The lowest BCUT2D eigenvalue weighted by atomic mass is 9.89. The molecule has 43 heavy (non-hydrogen) atoms. The standard InChI is InChI=1S/C34H30F3NO5/c1-23-18-27(20-29(19-23)34(35,36)37)24(2)42-22-33(28-16-10-5-11-17-28)31(39)43-30(26-14-8-4-9-15-26)38(33)32(40)41-21-25-12-6-3-7-13-25/h3-20,24,30H,21-22H2,1-2H3/t24-,30-,33-/m1/s1. The van der Waals surface area contributed by atoms with E-state index in [0.717, 1.165) is 17.7 Å². The van der Waals surface area contributed by atoms with Crippen LogP contribution >= 0.6 is 0 Å². The van der Waals surface area contributed by atoms with Gasteiger partial charge in [0, 0.05) is 5.56 Å². The quantitative estimate of drug-likeness (QED) is 0.196. The highest BCUT2D eigenvalue weighted by molar-refractivity contribution is 5.90. The Labute approximate surface area is 247 Å². The molecule has 1 amide bonds. The summed E-state index contributed by atoms with van der Waals surface area (Å²) in [7, 11) is 0. The fraction of sp³-hybridized carbons (Fsp3) is 0.235. The molecule has 9 heteroatoms. The second kappa shape index (κ2) is 12.3. The highest BCUT2D eigenvalue weighted by atomic mass is 19.4. The van der Waals surface area contributed by atoms with Crippen LogP contribution in [0.25, 0.3) is 0 Å². The minimum atomic E-state index is -4.54. The molecule has 0 aliphatic carbocycles. The lowest BCUT2D eigenvalue weighted by molar-refractivity contribution is -0.148. The van der Waals surface area contributed by atoms with E-state index in [9.17, 15) is 22.8 Å². The van der Waals surface area contributed by atoms with Crippen LogP contribution in [0, 0.1) is 6.92 Å². The minimum Gasteiger partial charge on any atom is -0.444 e. The molecule has 0 bridgehead atoms. The molecule has 0 aromatic heterocycles. The lowest BCUT2D eigenvalue weighted by Gasteiger charge is -2.36. The average Bonchev–Trinajstić information content (AvgIpc) is 3.32. The van der Waals surface area contributed by atoms with Gasteiger partial charge in [-0.05, 0) is 42.7 Å². The molecule has 1 aliphatic rings. The smallest absolute Gasteiger partial charge is 0.416 e. The van der Waals surface area contributed by atoms with Crippen molar-refractivity contribution in [3.05, 3.63) is 143 Å². The van der Waals surface area contributed by atoms with Crippen molar-refractivity contribution < 1.29 is 37.0 Å². The molecule has 1 heterocycles. The first-order chi connectivity index (χ1) is 20.6. The van der Waals surface area contributed by atoms with Crippen LogP contribution in [0.3, 0.4) is 0 Å². The maximum Gasteiger partial charge on any atom is 0.416 e. The van der Waals surface area contributed by atoms with Crippen molar-refractivity contribution in [2.45, 2.75) is 44.5 Å². The van der Waals surface area contributed by atoms with E-state index in [1.807, 2.05) is 18.2 Å². The van der Waals surface area contributed by atoms with Crippen LogP contribution in [0.5, 0.6) is 0 Å². The molecule has 0 N–H and O–H groups in total. The summed E-state index contributed by atoms with van der Waals surface area (Å²) in [5, 5.41) is 0. The van der Waals surface area contributed by atoms with E-state index in [2.05, 4.69) is 0 Å². The zero-order valence-corrected chi connectivity index (χ0v) is 23.6. The van der Waals surface area contributed by atoms with Gasteiger partial charge < -0.3 is 14.2 Å². The topological polar surface area (TPSA) is 65.1 Å². The van der Waals surface area contributed by atoms with E-state index in [4.69, 9.17) is 14.2 Å². The number of hydrogen-bond acceptors (Lipinski definition) is 5. The van der Waals surface area contributed by atoms with E-state index in [1.54, 1.807) is 92.7 Å². The first kappa shape index (κ1) is 29.8. The molecule has 0 unspecified atom stereocenters. The molecular formula is C34H30F3NO5. The van der Waals surface area contributed by atoms with Gasteiger partial charge in [0.05, 0.1) is 18.3 Å². The summed E-state index contributed by atoms with van der Waals surface area (Å²) in [6, 6.07) is 30.1. The first-order valence-corrected chi connectivity index (χ1v) is 13.7. The summed E-state index contributed by atoms with van der Waals surface area (Å²) in [5.41, 5.74) is -0.233. The van der Waals surface area contributed by atoms with Gasteiger partial charge in [0.25, 0.3) is 0 Å². The zero-order chi connectivity index (χ0) is 30.6. The Kier molecular flexibility index (Phi) is 8.54. The van der Waals surface area contributed by atoms with Crippen LogP contribution in [0.1, 0.15) is 52.6 Å². The van der Waals surface area contributed by atoms with Crippen molar-refractivity contribution in [2.75, 3.05) is 6.61 Å². The number of benzene rings is 4. The molecule has 4 aromatic carbocycles. The summed E-state index contributed by atoms with van der Waals surface area (Å²) in [5.74, 6) is -0.753. The van der Waals surface area contributed by atoms with Crippen molar-refractivity contribution in [3.8, 4) is 0 Å². The molecule has 3 atom stereocenters. The molecule has 0 radical (unpaired) electrons. The van der Waals surface area contributed by atoms with Crippen molar-refractivity contribution in [2.24, 2.45) is 0 Å². The van der Waals surface area contributed by atoms with Gasteiger partial charge in [-0.2, -0.15) is 13.2 Å². The maximum atomic E-state index is 14.0. The van der Waals surface area contributed by atoms with E-state index in [0.29, 0.717) is 16.7 Å². The monoisotopic (exact) mass is 589 g/mol. The van der Waals surface area contributed by atoms with Crippen LogP contribution < -0.4 is 0 Å². The van der Waals surface area contributed by atoms with Gasteiger partial charge >= 0.3 is 18.2 Å². The number of halogens is 3. The highest BCUT2D eigenvalue weighted by Gasteiger charge is 2.60. The molecule has 4 aromatic rings. The Balaban J connectivity index is 1.54. The minimum absolute atomic E-state index is 0.0580. The number of carbonyl (C=O) groups excluding carboxylic acids is 2. The predicted molar refractivity (Wildman–Crippen MR) is 152 cm³/mol. The number of ether oxygens (including phenoxy) is 3. The number of rotatable bonds is 8. The highest BCUT2D eigenvalue weighted by Crippen LogP contribution is 2.46. The predicted octanol–water partition coefficient (Wildman–Crippen LogP) is 7.88. The second-order valence-electron chi connectivity index (χ2n) is 10.4. The summed E-state index contributed by atoms with van der Waals surface area (Å²) < 4.78 is 58.4. The number of esters is 1. The molecule has 1 fully saturated rings. The molecule has 5 rings (SSSR count). The van der Waals surface area contributed by atoms with Crippen LogP contribution in [0.2, 0.25) is 0 Å². The molecule has 0 saturated carbocycles. The Morgan fingerprint density at radius 2 is 1.53 bits per heavy atom. The van der Waals surface area contributed by atoms with Crippen molar-refractivity contribution >= 4 is 12.1 Å². The van der Waals surface area contributed by atoms with Gasteiger partial charge in [-0.25, -0.2) is 14.5 Å². The van der Waals surface area contributed by atoms with Gasteiger partial charge in [-0.15, -0.1) is 0 Å². The number of aryl methyl sites for hydroxylation is 1. The van der Waals surface area contributed by atoms with Crippen LogP contribution in [-0.4, -0.2) is 23.6 Å². The summed E-state index contributed by atoms with van der Waals surface area (Å²) in [6.07, 6.45) is -7.37. The average molecular weight is 590 g/mol. The number of carbonyl (C=O) groups is 2. The van der Waals surface area contributed by atoms with E-state index in [1.165, 1.54) is 4.90 Å². The number of alkyl halides is 3. The van der Waals surface area contributed by atoms with Crippen molar-refractivity contribution in [1.82, 2.24) is 4.90 Å². The van der Waals surface area contributed by atoms with Gasteiger partial charge in [-0.1, -0.05) is 103 Å². The molecular weight excluding hydrogens is 559 g/mol. The Hall–Kier alpha value is -4.63. The van der Waals surface area contributed by atoms with Crippen molar-refractivity contribution in [1.29, 1.82) is 0 Å². The number of nitrogens with zero attached hydrogens (tertiary/aromatic N) is 1. The molecule has 0 spiro atoms. The van der Waals surface area contributed by atoms with Crippen molar-refractivity contribution in [3.63, 3.8) is 0 Å². The van der Waals surface area contributed by atoms with Crippen LogP contribution in [0.4, 0.5) is 18.0 Å². The third-order valence-corrected chi connectivity index (χ3v) is 7.38. The number of cyclic esters (lactones) is 1.